The summed E-state index contributed by atoms with van der Waals surface area (Å²) in [5.74, 6) is 0.984. The van der Waals surface area contributed by atoms with Gasteiger partial charge in [-0.25, -0.2) is 8.42 Å². The summed E-state index contributed by atoms with van der Waals surface area (Å²) in [6.07, 6.45) is 1.93. The third kappa shape index (κ3) is 3.40. The van der Waals surface area contributed by atoms with E-state index in [-0.39, 0.29) is 5.75 Å². The smallest absolute Gasteiger partial charge is 0.156 e. The summed E-state index contributed by atoms with van der Waals surface area (Å²) >= 11 is 0. The Kier molecular flexibility index (Phi) is 4.33. The van der Waals surface area contributed by atoms with E-state index in [0.717, 1.165) is 16.7 Å². The van der Waals surface area contributed by atoms with E-state index in [0.29, 0.717) is 13.2 Å². The first-order valence-electron chi connectivity index (χ1n) is 7.18. The van der Waals surface area contributed by atoms with E-state index in [1.807, 2.05) is 42.0 Å². The Morgan fingerprint density at radius 1 is 1.19 bits per heavy atom. The van der Waals surface area contributed by atoms with Crippen molar-refractivity contribution in [3.05, 3.63) is 30.5 Å². The van der Waals surface area contributed by atoms with Gasteiger partial charge in [-0.1, -0.05) is 0 Å². The van der Waals surface area contributed by atoms with Gasteiger partial charge in [0.05, 0.1) is 17.1 Å². The van der Waals surface area contributed by atoms with Gasteiger partial charge in [0.15, 0.2) is 9.84 Å². The zero-order valence-electron chi connectivity index (χ0n) is 13.1. The molecule has 5 heteroatoms. The predicted octanol–water partition coefficient (Wildman–Crippen LogP) is 3.25. The molecular formula is C16H23NO3S. The number of ether oxygens (including phenoxy) is 1. The maximum atomic E-state index is 12.2. The van der Waals surface area contributed by atoms with Gasteiger partial charge in [0.1, 0.15) is 5.75 Å². The number of aromatic nitrogens is 1. The summed E-state index contributed by atoms with van der Waals surface area (Å²) in [4.78, 5) is 0. The topological polar surface area (TPSA) is 48.3 Å². The van der Waals surface area contributed by atoms with Gasteiger partial charge >= 0.3 is 0 Å². The van der Waals surface area contributed by atoms with E-state index < -0.39 is 14.6 Å². The maximum absolute atomic E-state index is 12.2. The SMILES string of the molecule is CCOc1ccc2c(ccn2CCS(=O)(=O)C(C)(C)C)c1. The van der Waals surface area contributed by atoms with Crippen molar-refractivity contribution in [1.82, 2.24) is 4.57 Å². The number of sulfone groups is 1. The van der Waals surface area contributed by atoms with E-state index in [2.05, 4.69) is 0 Å². The van der Waals surface area contributed by atoms with E-state index in [1.54, 1.807) is 20.8 Å². The van der Waals surface area contributed by atoms with Gasteiger partial charge in [-0.3, -0.25) is 0 Å². The van der Waals surface area contributed by atoms with Crippen molar-refractivity contribution in [2.45, 2.75) is 39.0 Å². The lowest BCUT2D eigenvalue weighted by atomic mass is 10.2. The van der Waals surface area contributed by atoms with Crippen LogP contribution >= 0.6 is 0 Å². The van der Waals surface area contributed by atoms with Gasteiger partial charge in [0, 0.05) is 23.6 Å². The Hall–Kier alpha value is -1.49. The van der Waals surface area contributed by atoms with Crippen LogP contribution in [0.4, 0.5) is 0 Å². The number of fused-ring (bicyclic) bond motifs is 1. The van der Waals surface area contributed by atoms with E-state index in [9.17, 15) is 8.42 Å². The minimum atomic E-state index is -3.10. The van der Waals surface area contributed by atoms with Crippen molar-refractivity contribution in [3.63, 3.8) is 0 Å². The zero-order valence-corrected chi connectivity index (χ0v) is 13.9. The van der Waals surface area contributed by atoms with Crippen LogP contribution in [0, 0.1) is 0 Å². The number of hydrogen-bond donors (Lipinski definition) is 0. The molecule has 0 bridgehead atoms. The highest BCUT2D eigenvalue weighted by molar-refractivity contribution is 7.92. The van der Waals surface area contributed by atoms with Crippen LogP contribution in [0.5, 0.6) is 5.75 Å². The molecule has 0 amide bonds. The van der Waals surface area contributed by atoms with Crippen LogP contribution < -0.4 is 4.74 Å². The van der Waals surface area contributed by atoms with Crippen LogP contribution in [0.1, 0.15) is 27.7 Å². The molecule has 0 saturated carbocycles. The van der Waals surface area contributed by atoms with Crippen LogP contribution in [0.3, 0.4) is 0 Å². The lowest BCUT2D eigenvalue weighted by molar-refractivity contribution is 0.340. The highest BCUT2D eigenvalue weighted by atomic mass is 32.2. The molecule has 0 N–H and O–H groups in total. The summed E-state index contributed by atoms with van der Waals surface area (Å²) < 4.78 is 31.1. The third-order valence-electron chi connectivity index (χ3n) is 3.59. The summed E-state index contributed by atoms with van der Waals surface area (Å²) in [7, 11) is -3.10. The number of rotatable bonds is 5. The first-order valence-corrected chi connectivity index (χ1v) is 8.84. The van der Waals surface area contributed by atoms with Crippen LogP contribution in [0.2, 0.25) is 0 Å². The van der Waals surface area contributed by atoms with Crippen LogP contribution in [-0.4, -0.2) is 30.1 Å². The molecule has 0 aliphatic heterocycles. The monoisotopic (exact) mass is 309 g/mol. The van der Waals surface area contributed by atoms with Crippen molar-refractivity contribution in [2.24, 2.45) is 0 Å². The minimum absolute atomic E-state index is 0.146. The van der Waals surface area contributed by atoms with E-state index >= 15 is 0 Å². The van der Waals surface area contributed by atoms with Gasteiger partial charge in [-0.15, -0.1) is 0 Å². The number of benzene rings is 1. The predicted molar refractivity (Wildman–Crippen MR) is 86.6 cm³/mol. The molecule has 0 aliphatic carbocycles. The van der Waals surface area contributed by atoms with E-state index in [4.69, 9.17) is 4.74 Å². The maximum Gasteiger partial charge on any atom is 0.156 e. The lowest BCUT2D eigenvalue weighted by Crippen LogP contribution is -2.31. The molecule has 0 radical (unpaired) electrons. The van der Waals surface area contributed by atoms with Crippen molar-refractivity contribution in [2.75, 3.05) is 12.4 Å². The second-order valence-electron chi connectivity index (χ2n) is 6.09. The van der Waals surface area contributed by atoms with Gasteiger partial charge in [-0.05, 0) is 52.0 Å². The molecule has 21 heavy (non-hydrogen) atoms. The highest BCUT2D eigenvalue weighted by Crippen LogP contribution is 2.23. The van der Waals surface area contributed by atoms with Gasteiger partial charge in [-0.2, -0.15) is 0 Å². The highest BCUT2D eigenvalue weighted by Gasteiger charge is 2.28. The summed E-state index contributed by atoms with van der Waals surface area (Å²) in [5, 5.41) is 1.06. The Labute approximate surface area is 126 Å². The first kappa shape index (κ1) is 15.9. The Morgan fingerprint density at radius 2 is 1.90 bits per heavy atom. The fourth-order valence-electron chi connectivity index (χ4n) is 2.15. The average molecular weight is 309 g/mol. The summed E-state index contributed by atoms with van der Waals surface area (Å²) in [6.45, 7) is 8.28. The van der Waals surface area contributed by atoms with Gasteiger partial charge in [0.2, 0.25) is 0 Å². The van der Waals surface area contributed by atoms with Crippen LogP contribution in [-0.2, 0) is 16.4 Å². The molecule has 0 unspecified atom stereocenters. The summed E-state index contributed by atoms with van der Waals surface area (Å²) in [6, 6.07) is 7.86. The van der Waals surface area contributed by atoms with E-state index in [1.165, 1.54) is 0 Å². The molecule has 0 fully saturated rings. The zero-order chi connectivity index (χ0) is 15.7. The molecule has 4 nitrogen and oxygen atoms in total. The van der Waals surface area contributed by atoms with Crippen molar-refractivity contribution in [3.8, 4) is 5.75 Å². The number of nitrogens with zero attached hydrogens (tertiary/aromatic N) is 1. The molecule has 0 spiro atoms. The lowest BCUT2D eigenvalue weighted by Gasteiger charge is -2.19. The summed E-state index contributed by atoms with van der Waals surface area (Å²) in [5.41, 5.74) is 1.03. The molecular weight excluding hydrogens is 286 g/mol. The van der Waals surface area contributed by atoms with Crippen LogP contribution in [0.25, 0.3) is 10.9 Å². The largest absolute Gasteiger partial charge is 0.494 e. The minimum Gasteiger partial charge on any atom is -0.494 e. The average Bonchev–Trinajstić information content (AvgIpc) is 2.78. The van der Waals surface area contributed by atoms with Crippen molar-refractivity contribution < 1.29 is 13.2 Å². The van der Waals surface area contributed by atoms with Crippen molar-refractivity contribution in [1.29, 1.82) is 0 Å². The fraction of sp³-hybridized carbons (Fsp3) is 0.500. The Morgan fingerprint density at radius 3 is 2.52 bits per heavy atom. The second-order valence-corrected chi connectivity index (χ2v) is 8.96. The molecule has 2 aromatic rings. The second kappa shape index (κ2) is 5.72. The Bertz CT molecular complexity index is 724. The number of hydrogen-bond acceptors (Lipinski definition) is 3. The quantitative estimate of drug-likeness (QED) is 0.852. The molecule has 0 saturated heterocycles. The van der Waals surface area contributed by atoms with Gasteiger partial charge in [0.25, 0.3) is 0 Å². The normalized spacial score (nSPS) is 12.8. The molecule has 0 atom stereocenters. The standard InChI is InChI=1S/C16H23NO3S/c1-5-20-14-6-7-15-13(12-14)8-9-17(15)10-11-21(18,19)16(2,3)4/h6-9,12H,5,10-11H2,1-4H3. The molecule has 1 heterocycles. The fourth-order valence-corrected chi connectivity index (χ4v) is 3.20. The molecule has 1 aromatic heterocycles. The first-order chi connectivity index (χ1) is 9.74. The molecule has 0 aliphatic rings. The van der Waals surface area contributed by atoms with Gasteiger partial charge < -0.3 is 9.30 Å². The molecule has 116 valence electrons. The van der Waals surface area contributed by atoms with Crippen LogP contribution in [0.15, 0.2) is 30.5 Å². The third-order valence-corrected chi connectivity index (χ3v) is 6.17. The number of aryl methyl sites for hydroxylation is 1. The molecule has 1 aromatic carbocycles. The molecule has 2 rings (SSSR count). The van der Waals surface area contributed by atoms with Crippen molar-refractivity contribution >= 4 is 20.7 Å². The Balaban J connectivity index is 2.21.